The molecule has 15 heavy (non-hydrogen) atoms. The number of carbonyl (C=O) groups excluding carboxylic acids is 3. The van der Waals surface area contributed by atoms with Crippen molar-refractivity contribution in [3.63, 3.8) is 0 Å². The van der Waals surface area contributed by atoms with Gasteiger partial charge in [0.25, 0.3) is 0 Å². The van der Waals surface area contributed by atoms with Gasteiger partial charge in [0.1, 0.15) is 0 Å². The Morgan fingerprint density at radius 3 is 2.13 bits per heavy atom. The Morgan fingerprint density at radius 1 is 1.27 bits per heavy atom. The first-order valence-electron chi connectivity index (χ1n) is 4.78. The molecule has 0 aromatic rings. The highest BCUT2D eigenvalue weighted by Crippen LogP contribution is 2.09. The summed E-state index contributed by atoms with van der Waals surface area (Å²) in [5.41, 5.74) is 0.184. The summed E-state index contributed by atoms with van der Waals surface area (Å²) in [6.45, 7) is 8.11. The molecule has 0 aromatic carbocycles. The molecule has 1 unspecified atom stereocenters. The Morgan fingerprint density at radius 2 is 1.80 bits per heavy atom. The highest BCUT2D eigenvalue weighted by atomic mass is 16.5. The van der Waals surface area contributed by atoms with E-state index in [0.717, 1.165) is 0 Å². The minimum Gasteiger partial charge on any atom is -0.465 e. The summed E-state index contributed by atoms with van der Waals surface area (Å²) < 4.78 is 4.76. The molecule has 4 heteroatoms. The molecule has 0 spiro atoms. The van der Waals surface area contributed by atoms with Crippen LogP contribution in [-0.4, -0.2) is 24.1 Å². The fourth-order valence-electron chi connectivity index (χ4n) is 0.990. The minimum absolute atomic E-state index is 0.184. The largest absolute Gasteiger partial charge is 0.465 e. The first-order valence-corrected chi connectivity index (χ1v) is 4.78. The summed E-state index contributed by atoms with van der Waals surface area (Å²) in [4.78, 5) is 34.0. The molecule has 0 heterocycles. The highest BCUT2D eigenvalue weighted by Gasteiger charge is 2.32. The molecule has 0 saturated carbocycles. The van der Waals surface area contributed by atoms with E-state index in [0.29, 0.717) is 6.42 Å². The predicted molar refractivity (Wildman–Crippen MR) is 55.2 cm³/mol. The van der Waals surface area contributed by atoms with Gasteiger partial charge >= 0.3 is 5.97 Å². The van der Waals surface area contributed by atoms with Crippen LogP contribution in [0.5, 0.6) is 0 Å². The van der Waals surface area contributed by atoms with E-state index in [9.17, 15) is 14.4 Å². The Balaban J connectivity index is 4.67. The zero-order valence-corrected chi connectivity index (χ0v) is 9.33. The average molecular weight is 212 g/mol. The first-order chi connectivity index (χ1) is 6.91. The van der Waals surface area contributed by atoms with Gasteiger partial charge in [-0.05, 0) is 25.8 Å². The van der Waals surface area contributed by atoms with Crippen LogP contribution in [0.3, 0.4) is 0 Å². The molecule has 0 aromatic heterocycles. The van der Waals surface area contributed by atoms with Gasteiger partial charge in [0, 0.05) is 0 Å². The number of ketones is 2. The van der Waals surface area contributed by atoms with Crippen molar-refractivity contribution in [1.29, 1.82) is 0 Å². The standard InChI is InChI=1S/C11H16O4/c1-5-6-15-11(14)9(8(4)12)10(13)7(2)3/h9H,2,5-6H2,1,3-4H3. The molecule has 0 rings (SSSR count). The maximum atomic E-state index is 11.5. The second kappa shape index (κ2) is 6.11. The number of hydrogen-bond donors (Lipinski definition) is 0. The lowest BCUT2D eigenvalue weighted by molar-refractivity contribution is -0.154. The summed E-state index contributed by atoms with van der Waals surface area (Å²) >= 11 is 0. The molecule has 0 radical (unpaired) electrons. The lowest BCUT2D eigenvalue weighted by atomic mass is 9.96. The van der Waals surface area contributed by atoms with Crippen molar-refractivity contribution in [2.45, 2.75) is 27.2 Å². The lowest BCUT2D eigenvalue weighted by Crippen LogP contribution is -2.32. The zero-order chi connectivity index (χ0) is 12.0. The van der Waals surface area contributed by atoms with Gasteiger partial charge in [-0.2, -0.15) is 0 Å². The zero-order valence-electron chi connectivity index (χ0n) is 9.33. The van der Waals surface area contributed by atoms with Gasteiger partial charge in [0.05, 0.1) is 6.61 Å². The van der Waals surface area contributed by atoms with Crippen molar-refractivity contribution in [1.82, 2.24) is 0 Å². The van der Waals surface area contributed by atoms with Crippen LogP contribution in [-0.2, 0) is 19.1 Å². The Labute approximate surface area is 89.3 Å². The SMILES string of the molecule is C=C(C)C(=O)C(C(C)=O)C(=O)OCCC. The smallest absolute Gasteiger partial charge is 0.324 e. The summed E-state index contributed by atoms with van der Waals surface area (Å²) in [6, 6.07) is 0. The van der Waals surface area contributed by atoms with E-state index in [-0.39, 0.29) is 12.2 Å². The third kappa shape index (κ3) is 4.06. The fraction of sp³-hybridized carbons (Fsp3) is 0.545. The number of allylic oxidation sites excluding steroid dienone is 1. The molecule has 0 bridgehead atoms. The van der Waals surface area contributed by atoms with Gasteiger partial charge in [-0.3, -0.25) is 14.4 Å². The van der Waals surface area contributed by atoms with Crippen molar-refractivity contribution in [3.05, 3.63) is 12.2 Å². The summed E-state index contributed by atoms with van der Waals surface area (Å²) in [5, 5.41) is 0. The summed E-state index contributed by atoms with van der Waals surface area (Å²) in [5.74, 6) is -3.20. The van der Waals surface area contributed by atoms with Crippen LogP contribution in [0.25, 0.3) is 0 Å². The van der Waals surface area contributed by atoms with Crippen molar-refractivity contribution in [2.75, 3.05) is 6.61 Å². The third-order valence-corrected chi connectivity index (χ3v) is 1.77. The minimum atomic E-state index is -1.34. The molecule has 0 fully saturated rings. The van der Waals surface area contributed by atoms with Crippen LogP contribution < -0.4 is 0 Å². The van der Waals surface area contributed by atoms with Crippen LogP contribution in [0.2, 0.25) is 0 Å². The number of Topliss-reactive ketones (excluding diaryl/α,β-unsaturated/α-hetero) is 2. The Kier molecular flexibility index (Phi) is 5.52. The lowest BCUT2D eigenvalue weighted by Gasteiger charge is -2.11. The van der Waals surface area contributed by atoms with Crippen molar-refractivity contribution in [3.8, 4) is 0 Å². The molecular formula is C11H16O4. The second-order valence-electron chi connectivity index (χ2n) is 3.36. The molecule has 0 N–H and O–H groups in total. The van der Waals surface area contributed by atoms with Crippen LogP contribution in [0.15, 0.2) is 12.2 Å². The third-order valence-electron chi connectivity index (χ3n) is 1.77. The van der Waals surface area contributed by atoms with Crippen LogP contribution in [0.1, 0.15) is 27.2 Å². The van der Waals surface area contributed by atoms with E-state index >= 15 is 0 Å². The maximum Gasteiger partial charge on any atom is 0.324 e. The molecule has 0 aliphatic rings. The number of carbonyl (C=O) groups is 3. The number of ether oxygens (including phenoxy) is 1. The van der Waals surface area contributed by atoms with Gasteiger partial charge in [-0.25, -0.2) is 0 Å². The van der Waals surface area contributed by atoms with Gasteiger partial charge in [0.15, 0.2) is 17.5 Å². The van der Waals surface area contributed by atoms with Gasteiger partial charge in [-0.1, -0.05) is 13.5 Å². The first kappa shape index (κ1) is 13.5. The highest BCUT2D eigenvalue weighted by molar-refractivity contribution is 6.21. The van der Waals surface area contributed by atoms with Crippen LogP contribution >= 0.6 is 0 Å². The fourth-order valence-corrected chi connectivity index (χ4v) is 0.990. The summed E-state index contributed by atoms with van der Waals surface area (Å²) in [6.07, 6.45) is 0.650. The molecule has 84 valence electrons. The Bertz CT molecular complexity index is 291. The monoisotopic (exact) mass is 212 g/mol. The number of esters is 1. The van der Waals surface area contributed by atoms with Crippen molar-refractivity contribution in [2.24, 2.45) is 5.92 Å². The molecule has 0 saturated heterocycles. The molecular weight excluding hydrogens is 196 g/mol. The molecule has 1 atom stereocenters. The average Bonchev–Trinajstić information content (AvgIpc) is 2.14. The summed E-state index contributed by atoms with van der Waals surface area (Å²) in [7, 11) is 0. The second-order valence-corrected chi connectivity index (χ2v) is 3.36. The molecule has 0 aliphatic carbocycles. The van der Waals surface area contributed by atoms with Crippen molar-refractivity contribution >= 4 is 17.5 Å². The molecule has 0 aliphatic heterocycles. The topological polar surface area (TPSA) is 60.4 Å². The molecule has 4 nitrogen and oxygen atoms in total. The van der Waals surface area contributed by atoms with E-state index in [2.05, 4.69) is 6.58 Å². The van der Waals surface area contributed by atoms with Gasteiger partial charge in [0.2, 0.25) is 0 Å². The van der Waals surface area contributed by atoms with E-state index in [1.54, 1.807) is 0 Å². The van der Waals surface area contributed by atoms with Crippen molar-refractivity contribution < 1.29 is 19.1 Å². The maximum absolute atomic E-state index is 11.5. The molecule has 0 amide bonds. The van der Waals surface area contributed by atoms with E-state index in [1.165, 1.54) is 13.8 Å². The van der Waals surface area contributed by atoms with Crippen LogP contribution in [0, 0.1) is 5.92 Å². The van der Waals surface area contributed by atoms with Gasteiger partial charge < -0.3 is 4.74 Å². The Hall–Kier alpha value is -1.45. The number of hydrogen-bond acceptors (Lipinski definition) is 4. The van der Waals surface area contributed by atoms with E-state index in [1.807, 2.05) is 6.92 Å². The van der Waals surface area contributed by atoms with E-state index in [4.69, 9.17) is 4.74 Å². The van der Waals surface area contributed by atoms with Gasteiger partial charge in [-0.15, -0.1) is 0 Å². The normalized spacial score (nSPS) is 11.7. The predicted octanol–water partition coefficient (Wildman–Crippen LogP) is 1.29. The quantitative estimate of drug-likeness (QED) is 0.378. The van der Waals surface area contributed by atoms with E-state index < -0.39 is 23.5 Å². The number of rotatable bonds is 6. The van der Waals surface area contributed by atoms with Crippen LogP contribution in [0.4, 0.5) is 0 Å².